The number of rotatable bonds is 6. The molecule has 68 valence electrons. The van der Waals surface area contributed by atoms with Gasteiger partial charge >= 0.3 is 0 Å². The molecule has 1 heteroatoms. The second kappa shape index (κ2) is 10.2. The molecule has 0 radical (unpaired) electrons. The second-order valence-corrected chi connectivity index (χ2v) is 2.53. The molecule has 0 aliphatic heterocycles. The molecule has 0 bridgehead atoms. The van der Waals surface area contributed by atoms with Crippen LogP contribution in [0.25, 0.3) is 0 Å². The van der Waals surface area contributed by atoms with Crippen LogP contribution in [0.3, 0.4) is 0 Å². The van der Waals surface area contributed by atoms with Gasteiger partial charge in [-0.3, -0.25) is 0 Å². The van der Waals surface area contributed by atoms with Crippen LogP contribution in [-0.2, 0) is 0 Å². The van der Waals surface area contributed by atoms with Crippen LogP contribution in [0, 0.1) is 0 Å². The number of aliphatic hydroxyl groups is 1. The lowest BCUT2D eigenvalue weighted by atomic mass is 10.2. The molecule has 0 atom stereocenters. The van der Waals surface area contributed by atoms with Crippen LogP contribution in [0.5, 0.6) is 0 Å². The molecule has 0 aliphatic rings. The van der Waals surface area contributed by atoms with Crippen LogP contribution < -0.4 is 0 Å². The van der Waals surface area contributed by atoms with Crippen molar-refractivity contribution < 1.29 is 5.11 Å². The monoisotopic (exact) mass is 166 g/mol. The van der Waals surface area contributed by atoms with Crippen LogP contribution in [-0.4, -0.2) is 11.7 Å². The van der Waals surface area contributed by atoms with Gasteiger partial charge in [-0.05, 0) is 12.8 Å². The Kier molecular flexibility index (Phi) is 9.48. The Hall–Kier alpha value is -0.820. The number of hydrogen-bond acceptors (Lipinski definition) is 1. The van der Waals surface area contributed by atoms with Crippen LogP contribution in [0.2, 0.25) is 0 Å². The molecule has 0 aromatic carbocycles. The predicted molar refractivity (Wildman–Crippen MR) is 54.0 cm³/mol. The van der Waals surface area contributed by atoms with E-state index in [1.165, 1.54) is 12.8 Å². The summed E-state index contributed by atoms with van der Waals surface area (Å²) in [6.07, 6.45) is 15.3. The highest BCUT2D eigenvalue weighted by molar-refractivity contribution is 5.04. The van der Waals surface area contributed by atoms with Gasteiger partial charge in [0.2, 0.25) is 0 Å². The maximum absolute atomic E-state index is 8.40. The van der Waals surface area contributed by atoms with E-state index in [4.69, 9.17) is 5.11 Å². The highest BCUT2D eigenvalue weighted by Crippen LogP contribution is 1.92. The van der Waals surface area contributed by atoms with E-state index >= 15 is 0 Å². The summed E-state index contributed by atoms with van der Waals surface area (Å²) in [5.41, 5.74) is 0. The summed E-state index contributed by atoms with van der Waals surface area (Å²) in [5.74, 6) is 0. The maximum Gasteiger partial charge on any atom is 0.0615 e. The molecule has 0 saturated heterocycles. The SMILES string of the molecule is CCCC=CCC=CC=CCO. The summed E-state index contributed by atoms with van der Waals surface area (Å²) in [4.78, 5) is 0. The van der Waals surface area contributed by atoms with Crippen molar-refractivity contribution in [3.63, 3.8) is 0 Å². The van der Waals surface area contributed by atoms with Gasteiger partial charge in [-0.1, -0.05) is 49.8 Å². The molecule has 0 aromatic heterocycles. The van der Waals surface area contributed by atoms with Gasteiger partial charge in [0.15, 0.2) is 0 Å². The predicted octanol–water partition coefficient (Wildman–Crippen LogP) is 2.84. The zero-order chi connectivity index (χ0) is 9.07. The van der Waals surface area contributed by atoms with Gasteiger partial charge in [0.25, 0.3) is 0 Å². The average Bonchev–Trinajstić information content (AvgIpc) is 2.10. The normalized spacial score (nSPS) is 12.5. The first-order valence-corrected chi connectivity index (χ1v) is 4.49. The molecule has 0 heterocycles. The molecule has 0 aromatic rings. The summed E-state index contributed by atoms with van der Waals surface area (Å²) >= 11 is 0. The molecule has 0 aliphatic carbocycles. The minimum absolute atomic E-state index is 0.121. The van der Waals surface area contributed by atoms with E-state index in [9.17, 15) is 0 Å². The summed E-state index contributed by atoms with van der Waals surface area (Å²) in [6.45, 7) is 2.29. The Morgan fingerprint density at radius 3 is 2.42 bits per heavy atom. The van der Waals surface area contributed by atoms with Crippen molar-refractivity contribution in [1.29, 1.82) is 0 Å². The fourth-order valence-electron chi connectivity index (χ4n) is 0.756. The smallest absolute Gasteiger partial charge is 0.0615 e. The van der Waals surface area contributed by atoms with Crippen molar-refractivity contribution in [2.45, 2.75) is 26.2 Å². The topological polar surface area (TPSA) is 20.2 Å². The van der Waals surface area contributed by atoms with E-state index in [0.717, 1.165) is 6.42 Å². The molecular formula is C11H18O. The van der Waals surface area contributed by atoms with Crippen LogP contribution >= 0.6 is 0 Å². The van der Waals surface area contributed by atoms with E-state index in [1.807, 2.05) is 12.2 Å². The first-order chi connectivity index (χ1) is 5.91. The molecule has 0 amide bonds. The Balaban J connectivity index is 3.29. The van der Waals surface area contributed by atoms with Crippen LogP contribution in [0.15, 0.2) is 36.5 Å². The molecule has 0 spiro atoms. The van der Waals surface area contributed by atoms with E-state index in [-0.39, 0.29) is 6.61 Å². The van der Waals surface area contributed by atoms with E-state index in [0.29, 0.717) is 0 Å². The lowest BCUT2D eigenvalue weighted by Crippen LogP contribution is -1.67. The highest BCUT2D eigenvalue weighted by Gasteiger charge is 1.71. The summed E-state index contributed by atoms with van der Waals surface area (Å²) in [7, 11) is 0. The fraction of sp³-hybridized carbons (Fsp3) is 0.455. The van der Waals surface area contributed by atoms with Crippen LogP contribution in [0.4, 0.5) is 0 Å². The number of aliphatic hydroxyl groups excluding tert-OH is 1. The molecule has 1 N–H and O–H groups in total. The van der Waals surface area contributed by atoms with Gasteiger partial charge < -0.3 is 5.11 Å². The number of hydrogen-bond donors (Lipinski definition) is 1. The van der Waals surface area contributed by atoms with Gasteiger partial charge in [0.1, 0.15) is 0 Å². The van der Waals surface area contributed by atoms with Crippen molar-refractivity contribution in [2.24, 2.45) is 0 Å². The van der Waals surface area contributed by atoms with Gasteiger partial charge in [0, 0.05) is 0 Å². The minimum atomic E-state index is 0.121. The molecule has 0 fully saturated rings. The first-order valence-electron chi connectivity index (χ1n) is 4.49. The van der Waals surface area contributed by atoms with Crippen molar-refractivity contribution in [3.05, 3.63) is 36.5 Å². The second-order valence-electron chi connectivity index (χ2n) is 2.53. The third-order valence-electron chi connectivity index (χ3n) is 1.38. The minimum Gasteiger partial charge on any atom is -0.392 e. The number of unbranched alkanes of at least 4 members (excludes halogenated alkanes) is 1. The van der Waals surface area contributed by atoms with E-state index in [1.54, 1.807) is 6.08 Å². The van der Waals surface area contributed by atoms with E-state index < -0.39 is 0 Å². The van der Waals surface area contributed by atoms with Crippen molar-refractivity contribution in [1.82, 2.24) is 0 Å². The molecule has 0 rings (SSSR count). The molecule has 0 saturated carbocycles. The largest absolute Gasteiger partial charge is 0.392 e. The Morgan fingerprint density at radius 2 is 1.75 bits per heavy atom. The Bertz CT molecular complexity index is 154. The van der Waals surface area contributed by atoms with E-state index in [2.05, 4.69) is 25.2 Å². The summed E-state index contributed by atoms with van der Waals surface area (Å²) < 4.78 is 0. The lowest BCUT2D eigenvalue weighted by Gasteiger charge is -1.82. The van der Waals surface area contributed by atoms with Crippen molar-refractivity contribution in [2.75, 3.05) is 6.61 Å². The van der Waals surface area contributed by atoms with Gasteiger partial charge in [-0.2, -0.15) is 0 Å². The first kappa shape index (κ1) is 11.2. The van der Waals surface area contributed by atoms with Crippen LogP contribution in [0.1, 0.15) is 26.2 Å². The third-order valence-corrected chi connectivity index (χ3v) is 1.38. The van der Waals surface area contributed by atoms with Gasteiger partial charge in [0.05, 0.1) is 6.61 Å². The molecular weight excluding hydrogens is 148 g/mol. The maximum atomic E-state index is 8.40. The molecule has 1 nitrogen and oxygen atoms in total. The molecule has 12 heavy (non-hydrogen) atoms. The van der Waals surface area contributed by atoms with Crippen molar-refractivity contribution >= 4 is 0 Å². The summed E-state index contributed by atoms with van der Waals surface area (Å²) in [6, 6.07) is 0. The third kappa shape index (κ3) is 9.18. The average molecular weight is 166 g/mol. The highest BCUT2D eigenvalue weighted by atomic mass is 16.2. The standard InChI is InChI=1S/C11H18O/c1-2-3-4-5-6-7-8-9-10-11-12/h4-5,7-10,12H,2-3,6,11H2,1H3. The number of allylic oxidation sites excluding steroid dienone is 5. The quantitative estimate of drug-likeness (QED) is 0.475. The Labute approximate surface area is 75.1 Å². The Morgan fingerprint density at radius 1 is 1.00 bits per heavy atom. The fourth-order valence-corrected chi connectivity index (χ4v) is 0.756. The van der Waals surface area contributed by atoms with Crippen molar-refractivity contribution in [3.8, 4) is 0 Å². The van der Waals surface area contributed by atoms with Gasteiger partial charge in [-0.25, -0.2) is 0 Å². The zero-order valence-electron chi connectivity index (χ0n) is 7.74. The van der Waals surface area contributed by atoms with Gasteiger partial charge in [-0.15, -0.1) is 0 Å². The lowest BCUT2D eigenvalue weighted by molar-refractivity contribution is 0.343. The summed E-state index contributed by atoms with van der Waals surface area (Å²) in [5, 5.41) is 8.40. The zero-order valence-corrected chi connectivity index (χ0v) is 7.74. The molecule has 0 unspecified atom stereocenters.